The highest BCUT2D eigenvalue weighted by Crippen LogP contribution is 2.42. The lowest BCUT2D eigenvalue weighted by Crippen LogP contribution is -2.08. The van der Waals surface area contributed by atoms with Crippen LogP contribution < -0.4 is 4.74 Å². The van der Waals surface area contributed by atoms with Gasteiger partial charge in [0.15, 0.2) is 21.3 Å². The number of ether oxygens (including phenoxy) is 1. The van der Waals surface area contributed by atoms with E-state index in [2.05, 4.69) is 5.10 Å². The van der Waals surface area contributed by atoms with E-state index < -0.39 is 27.5 Å². The quantitative estimate of drug-likeness (QED) is 0.186. The molecule has 12 heteroatoms. The Balaban J connectivity index is 1.58. The summed E-state index contributed by atoms with van der Waals surface area (Å²) in [5.74, 6) is -0.0514. The zero-order valence-corrected chi connectivity index (χ0v) is 22.3. The van der Waals surface area contributed by atoms with Crippen molar-refractivity contribution in [3.05, 3.63) is 102 Å². The lowest BCUT2D eigenvalue weighted by atomic mass is 10.2. The summed E-state index contributed by atoms with van der Waals surface area (Å²) in [6.45, 7) is 0. The highest BCUT2D eigenvalue weighted by molar-refractivity contribution is 7.90. The van der Waals surface area contributed by atoms with Crippen molar-refractivity contribution in [3.63, 3.8) is 0 Å². The van der Waals surface area contributed by atoms with Gasteiger partial charge in [-0.25, -0.2) is 17.5 Å². The van der Waals surface area contributed by atoms with Gasteiger partial charge < -0.3 is 4.74 Å². The maximum Gasteiger partial charge on any atom is 0.435 e. The molecule has 0 atom stereocenters. The third-order valence-electron chi connectivity index (χ3n) is 5.61. The van der Waals surface area contributed by atoms with Crippen molar-refractivity contribution in [1.82, 2.24) is 9.78 Å². The van der Waals surface area contributed by atoms with E-state index in [-0.39, 0.29) is 37.5 Å². The molecule has 0 unspecified atom stereocenters. The topological polar surface area (TPSA) is 61.2 Å². The van der Waals surface area contributed by atoms with Gasteiger partial charge in [-0.3, -0.25) is 0 Å². The molecule has 200 valence electrons. The van der Waals surface area contributed by atoms with E-state index in [1.165, 1.54) is 66.9 Å². The van der Waals surface area contributed by atoms with Gasteiger partial charge in [0.05, 0.1) is 4.90 Å². The Bertz CT molecular complexity index is 1780. The summed E-state index contributed by atoms with van der Waals surface area (Å²) in [4.78, 5) is 0.962. The van der Waals surface area contributed by atoms with E-state index in [4.69, 9.17) is 16.3 Å². The maximum atomic E-state index is 14.1. The van der Waals surface area contributed by atoms with Crippen LogP contribution in [0.3, 0.4) is 0 Å². The number of hydrogen-bond donors (Lipinski definition) is 0. The molecule has 5 nitrogen and oxygen atoms in total. The van der Waals surface area contributed by atoms with Crippen molar-refractivity contribution < 1.29 is 30.7 Å². The second-order valence-electron chi connectivity index (χ2n) is 8.47. The maximum absolute atomic E-state index is 14.1. The summed E-state index contributed by atoms with van der Waals surface area (Å²) in [5, 5.41) is 4.08. The molecule has 5 aromatic rings. The van der Waals surface area contributed by atoms with Gasteiger partial charge in [-0.05, 0) is 72.3 Å². The van der Waals surface area contributed by atoms with Gasteiger partial charge in [0.25, 0.3) is 0 Å². The van der Waals surface area contributed by atoms with Crippen LogP contribution in [-0.4, -0.2) is 24.5 Å². The molecule has 2 aromatic heterocycles. The van der Waals surface area contributed by atoms with Gasteiger partial charge in [-0.15, -0.1) is 11.3 Å². The average Bonchev–Trinajstić information content (AvgIpc) is 3.54. The van der Waals surface area contributed by atoms with Crippen LogP contribution in [0.1, 0.15) is 5.69 Å². The van der Waals surface area contributed by atoms with Crippen molar-refractivity contribution in [1.29, 1.82) is 0 Å². The van der Waals surface area contributed by atoms with Crippen LogP contribution in [0, 0.1) is 5.82 Å². The number of aromatic nitrogens is 2. The molecule has 0 fully saturated rings. The lowest BCUT2D eigenvalue weighted by molar-refractivity contribution is -0.140. The summed E-state index contributed by atoms with van der Waals surface area (Å²) >= 11 is 7.22. The molecule has 39 heavy (non-hydrogen) atoms. The molecule has 5 rings (SSSR count). The van der Waals surface area contributed by atoms with Crippen molar-refractivity contribution in [2.75, 3.05) is 6.26 Å². The fourth-order valence-electron chi connectivity index (χ4n) is 3.79. The second kappa shape index (κ2) is 10.1. The minimum Gasteiger partial charge on any atom is -0.455 e. The molecule has 0 bridgehead atoms. The van der Waals surface area contributed by atoms with Gasteiger partial charge >= 0.3 is 6.18 Å². The SMILES string of the molecule is CS(=O)(=O)c1cccc(-c2ccc(-c3cn(-c4cc(Cl)ccc4Oc4ccc(F)cc4)nc3C(F)(F)F)s2)c1. The Morgan fingerprint density at radius 2 is 1.67 bits per heavy atom. The second-order valence-corrected chi connectivity index (χ2v) is 12.0. The first-order valence-corrected chi connectivity index (χ1v) is 14.3. The van der Waals surface area contributed by atoms with Crippen LogP contribution in [0.2, 0.25) is 5.02 Å². The number of benzene rings is 3. The zero-order chi connectivity index (χ0) is 27.9. The van der Waals surface area contributed by atoms with E-state index in [1.807, 2.05) is 0 Å². The number of nitrogens with zero attached hydrogens (tertiary/aromatic N) is 2. The van der Waals surface area contributed by atoms with Crippen LogP contribution in [-0.2, 0) is 16.0 Å². The molecule has 2 heterocycles. The zero-order valence-electron chi connectivity index (χ0n) is 19.9. The summed E-state index contributed by atoms with van der Waals surface area (Å²) in [5.41, 5.74) is -0.597. The summed E-state index contributed by atoms with van der Waals surface area (Å²) in [6.07, 6.45) is -2.47. The largest absolute Gasteiger partial charge is 0.455 e. The van der Waals surface area contributed by atoms with Crippen molar-refractivity contribution in [3.8, 4) is 38.1 Å². The molecule has 0 saturated heterocycles. The van der Waals surface area contributed by atoms with E-state index in [0.29, 0.717) is 10.4 Å². The van der Waals surface area contributed by atoms with Crippen molar-refractivity contribution in [2.45, 2.75) is 11.1 Å². The minimum absolute atomic E-state index is 0.105. The van der Waals surface area contributed by atoms with Gasteiger partial charge in [0, 0.05) is 32.8 Å². The van der Waals surface area contributed by atoms with Crippen LogP contribution in [0.5, 0.6) is 11.5 Å². The van der Waals surface area contributed by atoms with Crippen molar-refractivity contribution >= 4 is 32.8 Å². The molecular formula is C27H17ClF4N2O3S2. The number of thiophene rings is 1. The van der Waals surface area contributed by atoms with Crippen LogP contribution in [0.4, 0.5) is 17.6 Å². The number of rotatable bonds is 6. The number of alkyl halides is 3. The molecule has 0 radical (unpaired) electrons. The molecule has 0 N–H and O–H groups in total. The smallest absolute Gasteiger partial charge is 0.435 e. The molecule has 0 spiro atoms. The lowest BCUT2D eigenvalue weighted by Gasteiger charge is -2.12. The highest BCUT2D eigenvalue weighted by Gasteiger charge is 2.38. The van der Waals surface area contributed by atoms with Gasteiger partial charge in [-0.2, -0.15) is 18.3 Å². The summed E-state index contributed by atoms with van der Waals surface area (Å²) < 4.78 is 86.4. The first-order chi connectivity index (χ1) is 18.4. The van der Waals surface area contributed by atoms with E-state index in [9.17, 15) is 26.0 Å². The van der Waals surface area contributed by atoms with Gasteiger partial charge in [0.1, 0.15) is 17.3 Å². The number of hydrogen-bond acceptors (Lipinski definition) is 5. The molecule has 0 amide bonds. The van der Waals surface area contributed by atoms with Crippen LogP contribution >= 0.6 is 22.9 Å². The minimum atomic E-state index is -4.78. The molecule has 3 aromatic carbocycles. The predicted octanol–water partition coefficient (Wildman–Crippen LogP) is 8.27. The van der Waals surface area contributed by atoms with E-state index in [1.54, 1.807) is 18.2 Å². The predicted molar refractivity (Wildman–Crippen MR) is 142 cm³/mol. The van der Waals surface area contributed by atoms with Crippen LogP contribution in [0.15, 0.2) is 90.0 Å². The van der Waals surface area contributed by atoms with Gasteiger partial charge in [-0.1, -0.05) is 23.7 Å². The Morgan fingerprint density at radius 1 is 0.949 bits per heavy atom. The molecule has 0 aliphatic carbocycles. The molecule has 0 saturated carbocycles. The number of halogens is 5. The molecule has 0 aliphatic heterocycles. The third kappa shape index (κ3) is 5.85. The van der Waals surface area contributed by atoms with Gasteiger partial charge in [0.2, 0.25) is 0 Å². The standard InChI is InChI=1S/C27H17ClF4N2O3S2/c1-39(35,36)20-4-2-3-16(13-20)24-11-12-25(38-24)21-15-34(33-26(21)27(30,31)32)22-14-17(28)5-10-23(22)37-19-8-6-18(29)7-9-19/h2-15H,1H3. The fourth-order valence-corrected chi connectivity index (χ4v) is 5.64. The summed E-state index contributed by atoms with van der Waals surface area (Å²) in [6, 6.07) is 18.9. The molecule has 0 aliphatic rings. The monoisotopic (exact) mass is 592 g/mol. The summed E-state index contributed by atoms with van der Waals surface area (Å²) in [7, 11) is -3.46. The molecular weight excluding hydrogens is 576 g/mol. The highest BCUT2D eigenvalue weighted by atomic mass is 35.5. The van der Waals surface area contributed by atoms with E-state index >= 15 is 0 Å². The van der Waals surface area contributed by atoms with Crippen LogP contribution in [0.25, 0.3) is 26.6 Å². The normalized spacial score (nSPS) is 12.1. The fraction of sp³-hybridized carbons (Fsp3) is 0.0741. The Labute approximate surface area is 229 Å². The first kappa shape index (κ1) is 26.9. The van der Waals surface area contributed by atoms with E-state index in [0.717, 1.165) is 22.3 Å². The van der Waals surface area contributed by atoms with Crippen molar-refractivity contribution in [2.24, 2.45) is 0 Å². The average molecular weight is 593 g/mol. The first-order valence-electron chi connectivity index (χ1n) is 11.2. The number of sulfone groups is 1. The Morgan fingerprint density at radius 3 is 2.36 bits per heavy atom. The third-order valence-corrected chi connectivity index (χ3v) is 8.12. The Hall–Kier alpha value is -3.67. The Kier molecular flexibility index (Phi) is 7.00.